The summed E-state index contributed by atoms with van der Waals surface area (Å²) in [4.78, 5) is 11.7. The Morgan fingerprint density at radius 2 is 1.92 bits per heavy atom. The van der Waals surface area contributed by atoms with Gasteiger partial charge in [0.15, 0.2) is 5.78 Å². The zero-order valence-electron chi connectivity index (χ0n) is 8.48. The van der Waals surface area contributed by atoms with Crippen molar-refractivity contribution in [1.82, 2.24) is 0 Å². The fourth-order valence-electron chi connectivity index (χ4n) is 1.77. The number of ketones is 1. The minimum Gasteiger partial charge on any atom is -0.294 e. The zero-order chi connectivity index (χ0) is 9.30. The lowest BCUT2D eigenvalue weighted by Gasteiger charge is -2.26. The van der Waals surface area contributed by atoms with Crippen LogP contribution in [0.5, 0.6) is 0 Å². The fraction of sp³-hybridized carbons (Fsp3) is 0.727. The van der Waals surface area contributed by atoms with E-state index < -0.39 is 0 Å². The molecule has 1 heteroatoms. The van der Waals surface area contributed by atoms with Crippen LogP contribution in [-0.2, 0) is 4.79 Å². The van der Waals surface area contributed by atoms with Crippen molar-refractivity contribution in [2.24, 2.45) is 11.8 Å². The smallest absolute Gasteiger partial charge is 0.161 e. The highest BCUT2D eigenvalue weighted by molar-refractivity contribution is 5.98. The Bertz CT molecular complexity index is 221. The van der Waals surface area contributed by atoms with Gasteiger partial charge in [0.05, 0.1) is 0 Å². The first-order chi connectivity index (χ1) is 5.54. The topological polar surface area (TPSA) is 17.1 Å². The van der Waals surface area contributed by atoms with Crippen LogP contribution in [0.2, 0.25) is 0 Å². The fourth-order valence-corrected chi connectivity index (χ4v) is 1.77. The molecule has 0 radical (unpaired) electrons. The number of carbonyl (C=O) groups is 1. The van der Waals surface area contributed by atoms with Crippen molar-refractivity contribution in [3.63, 3.8) is 0 Å². The van der Waals surface area contributed by atoms with Crippen molar-refractivity contribution < 1.29 is 4.79 Å². The molecule has 1 fully saturated rings. The summed E-state index contributed by atoms with van der Waals surface area (Å²) in [5, 5.41) is 0. The Kier molecular flexibility index (Phi) is 2.71. The van der Waals surface area contributed by atoms with Gasteiger partial charge in [-0.3, -0.25) is 4.79 Å². The average Bonchev–Trinajstić information content (AvgIpc) is 2.00. The van der Waals surface area contributed by atoms with Gasteiger partial charge >= 0.3 is 0 Å². The summed E-state index contributed by atoms with van der Waals surface area (Å²) < 4.78 is 0. The van der Waals surface area contributed by atoms with Gasteiger partial charge in [-0.15, -0.1) is 0 Å². The van der Waals surface area contributed by atoms with E-state index in [2.05, 4.69) is 13.8 Å². The van der Waals surface area contributed by atoms with Crippen molar-refractivity contribution in [2.45, 2.75) is 40.5 Å². The molecule has 68 valence electrons. The molecule has 0 amide bonds. The van der Waals surface area contributed by atoms with E-state index in [9.17, 15) is 4.79 Å². The van der Waals surface area contributed by atoms with Gasteiger partial charge in [-0.2, -0.15) is 0 Å². The summed E-state index contributed by atoms with van der Waals surface area (Å²) >= 11 is 0. The SMILES string of the molecule is CC(C)=C1CCC(C)C(C)C1=O. The second kappa shape index (κ2) is 3.42. The van der Waals surface area contributed by atoms with E-state index in [1.165, 1.54) is 12.0 Å². The number of hydrogen-bond donors (Lipinski definition) is 0. The molecule has 0 aromatic carbocycles. The van der Waals surface area contributed by atoms with E-state index in [0.29, 0.717) is 11.7 Å². The Morgan fingerprint density at radius 1 is 1.33 bits per heavy atom. The zero-order valence-corrected chi connectivity index (χ0v) is 8.48. The second-order valence-electron chi connectivity index (χ2n) is 4.15. The van der Waals surface area contributed by atoms with Crippen LogP contribution in [0.4, 0.5) is 0 Å². The minimum absolute atomic E-state index is 0.239. The van der Waals surface area contributed by atoms with Crippen LogP contribution in [0.25, 0.3) is 0 Å². The molecule has 1 nitrogen and oxygen atoms in total. The van der Waals surface area contributed by atoms with Crippen molar-refractivity contribution in [1.29, 1.82) is 0 Å². The van der Waals surface area contributed by atoms with Crippen LogP contribution in [0.3, 0.4) is 0 Å². The molecule has 0 N–H and O–H groups in total. The monoisotopic (exact) mass is 166 g/mol. The highest BCUT2D eigenvalue weighted by Crippen LogP contribution is 2.31. The molecule has 12 heavy (non-hydrogen) atoms. The molecule has 2 unspecified atom stereocenters. The highest BCUT2D eigenvalue weighted by Gasteiger charge is 2.28. The Labute approximate surface area is 74.9 Å². The van der Waals surface area contributed by atoms with Gasteiger partial charge in [-0.1, -0.05) is 19.4 Å². The number of carbonyl (C=O) groups excluding carboxylic acids is 1. The Morgan fingerprint density at radius 3 is 2.42 bits per heavy atom. The number of rotatable bonds is 0. The molecule has 2 atom stereocenters. The summed E-state index contributed by atoms with van der Waals surface area (Å²) in [6, 6.07) is 0. The molecule has 0 saturated heterocycles. The largest absolute Gasteiger partial charge is 0.294 e. The summed E-state index contributed by atoms with van der Waals surface area (Å²) in [7, 11) is 0. The number of Topliss-reactive ketones (excluding diaryl/α,β-unsaturated/α-hetero) is 1. The van der Waals surface area contributed by atoms with Gasteiger partial charge in [-0.05, 0) is 38.2 Å². The van der Waals surface area contributed by atoms with Crippen LogP contribution in [0.1, 0.15) is 40.5 Å². The summed E-state index contributed by atoms with van der Waals surface area (Å²) in [6.45, 7) is 8.30. The lowest BCUT2D eigenvalue weighted by molar-refractivity contribution is -0.121. The van der Waals surface area contributed by atoms with Gasteiger partial charge in [0.2, 0.25) is 0 Å². The predicted molar refractivity (Wildman–Crippen MR) is 50.9 cm³/mol. The Balaban J connectivity index is 2.87. The molecule has 0 spiro atoms. The molecule has 1 saturated carbocycles. The molecule has 0 aliphatic heterocycles. The maximum atomic E-state index is 11.7. The normalized spacial score (nSPS) is 30.7. The van der Waals surface area contributed by atoms with Gasteiger partial charge < -0.3 is 0 Å². The molecular weight excluding hydrogens is 148 g/mol. The number of allylic oxidation sites excluding steroid dienone is 2. The average molecular weight is 166 g/mol. The van der Waals surface area contributed by atoms with Gasteiger partial charge in [0, 0.05) is 5.92 Å². The molecular formula is C11H18O. The lowest BCUT2D eigenvalue weighted by Crippen LogP contribution is -2.26. The van der Waals surface area contributed by atoms with Crippen LogP contribution in [0.15, 0.2) is 11.1 Å². The van der Waals surface area contributed by atoms with Gasteiger partial charge in [-0.25, -0.2) is 0 Å². The molecule has 0 bridgehead atoms. The first-order valence-corrected chi connectivity index (χ1v) is 4.74. The Hall–Kier alpha value is -0.590. The summed E-state index contributed by atoms with van der Waals surface area (Å²) in [5.41, 5.74) is 2.29. The van der Waals surface area contributed by atoms with Crippen molar-refractivity contribution >= 4 is 5.78 Å². The first-order valence-electron chi connectivity index (χ1n) is 4.74. The molecule has 0 aromatic rings. The maximum Gasteiger partial charge on any atom is 0.161 e. The molecule has 1 rings (SSSR count). The van der Waals surface area contributed by atoms with Gasteiger partial charge in [0.1, 0.15) is 0 Å². The summed E-state index contributed by atoms with van der Waals surface area (Å²) in [5.74, 6) is 1.19. The second-order valence-corrected chi connectivity index (χ2v) is 4.15. The van der Waals surface area contributed by atoms with Crippen LogP contribution in [0, 0.1) is 11.8 Å². The van der Waals surface area contributed by atoms with Crippen LogP contribution < -0.4 is 0 Å². The maximum absolute atomic E-state index is 11.7. The summed E-state index contributed by atoms with van der Waals surface area (Å²) in [6.07, 6.45) is 2.17. The van der Waals surface area contributed by atoms with Gasteiger partial charge in [0.25, 0.3) is 0 Å². The van der Waals surface area contributed by atoms with E-state index >= 15 is 0 Å². The highest BCUT2D eigenvalue weighted by atomic mass is 16.1. The molecule has 0 heterocycles. The van der Waals surface area contributed by atoms with E-state index in [0.717, 1.165) is 12.0 Å². The van der Waals surface area contributed by atoms with E-state index in [4.69, 9.17) is 0 Å². The van der Waals surface area contributed by atoms with Crippen molar-refractivity contribution in [3.05, 3.63) is 11.1 Å². The van der Waals surface area contributed by atoms with E-state index in [1.807, 2.05) is 13.8 Å². The third-order valence-electron chi connectivity index (χ3n) is 3.02. The van der Waals surface area contributed by atoms with E-state index in [-0.39, 0.29) is 5.92 Å². The van der Waals surface area contributed by atoms with E-state index in [1.54, 1.807) is 0 Å². The van der Waals surface area contributed by atoms with Crippen molar-refractivity contribution in [3.8, 4) is 0 Å². The van der Waals surface area contributed by atoms with Crippen LogP contribution >= 0.6 is 0 Å². The lowest BCUT2D eigenvalue weighted by atomic mass is 9.77. The standard InChI is InChI=1S/C11H18O/c1-7(2)10-6-5-8(3)9(4)11(10)12/h8-9H,5-6H2,1-4H3. The number of hydrogen-bond acceptors (Lipinski definition) is 1. The predicted octanol–water partition coefficient (Wildman–Crippen LogP) is 2.96. The third-order valence-corrected chi connectivity index (χ3v) is 3.02. The molecule has 0 aromatic heterocycles. The quantitative estimate of drug-likeness (QED) is 0.506. The first kappa shape index (κ1) is 9.50. The van der Waals surface area contributed by atoms with Crippen LogP contribution in [-0.4, -0.2) is 5.78 Å². The minimum atomic E-state index is 0.239. The van der Waals surface area contributed by atoms with Crippen molar-refractivity contribution in [2.75, 3.05) is 0 Å². The molecule has 1 aliphatic carbocycles. The third kappa shape index (κ3) is 1.60. The molecule has 1 aliphatic rings.